The number of carbonyl (C=O) groups excluding carboxylic acids is 1. The first-order valence-electron chi connectivity index (χ1n) is 6.28. The normalized spacial score (nSPS) is 25.3. The van der Waals surface area contributed by atoms with Crippen LogP contribution in [0.15, 0.2) is 0 Å². The Morgan fingerprint density at radius 2 is 2.00 bits per heavy atom. The minimum Gasteiger partial charge on any atom is -0.480 e. The van der Waals surface area contributed by atoms with Crippen LogP contribution in [-0.2, 0) is 4.79 Å². The van der Waals surface area contributed by atoms with Crippen LogP contribution in [0.5, 0.6) is 0 Å². The summed E-state index contributed by atoms with van der Waals surface area (Å²) in [6.45, 7) is 6.75. The second-order valence-corrected chi connectivity index (χ2v) is 5.30. The third-order valence-corrected chi connectivity index (χ3v) is 3.54. The van der Waals surface area contributed by atoms with Crippen LogP contribution in [-0.4, -0.2) is 52.3 Å². The van der Waals surface area contributed by atoms with Gasteiger partial charge >= 0.3 is 12.0 Å². The van der Waals surface area contributed by atoms with Gasteiger partial charge in [0.2, 0.25) is 0 Å². The van der Waals surface area contributed by atoms with E-state index in [2.05, 4.69) is 19.2 Å². The molecular weight excluding hydrogens is 236 g/mol. The molecule has 0 saturated carbocycles. The topological polar surface area (TPSA) is 89.9 Å². The number of carbonyl (C=O) groups is 2. The predicted octanol–water partition coefficient (Wildman–Crippen LogP) is 0.508. The number of aliphatic carboxylic acids is 1. The molecule has 1 unspecified atom stereocenters. The molecule has 18 heavy (non-hydrogen) atoms. The molecule has 1 aliphatic heterocycles. The Kier molecular flexibility index (Phi) is 4.95. The standard InChI is InChI=1S/C12H22N2O4/c1-7(2)8(3)5-13-12(18)14-6-9(15)4-10(14)11(16)17/h7-10,15H,4-6H2,1-3H3,(H,13,18)(H,16,17)/t8?,9-,10-/m0/s1. The van der Waals surface area contributed by atoms with Gasteiger partial charge in [-0.1, -0.05) is 20.8 Å². The lowest BCUT2D eigenvalue weighted by Gasteiger charge is -2.23. The minimum atomic E-state index is -1.07. The van der Waals surface area contributed by atoms with Crippen molar-refractivity contribution in [3.8, 4) is 0 Å². The predicted molar refractivity (Wildman–Crippen MR) is 66.2 cm³/mol. The van der Waals surface area contributed by atoms with E-state index in [1.165, 1.54) is 4.90 Å². The van der Waals surface area contributed by atoms with E-state index in [1.807, 2.05) is 6.92 Å². The van der Waals surface area contributed by atoms with Crippen LogP contribution >= 0.6 is 0 Å². The molecular formula is C12H22N2O4. The average molecular weight is 258 g/mol. The molecule has 3 atom stereocenters. The number of likely N-dealkylation sites (tertiary alicyclic amines) is 1. The van der Waals surface area contributed by atoms with E-state index in [4.69, 9.17) is 5.11 Å². The van der Waals surface area contributed by atoms with Crippen LogP contribution < -0.4 is 5.32 Å². The third kappa shape index (κ3) is 3.60. The molecule has 0 bridgehead atoms. The van der Waals surface area contributed by atoms with Crippen molar-refractivity contribution in [2.75, 3.05) is 13.1 Å². The fourth-order valence-electron chi connectivity index (χ4n) is 1.86. The summed E-state index contributed by atoms with van der Waals surface area (Å²) in [7, 11) is 0. The Morgan fingerprint density at radius 1 is 1.39 bits per heavy atom. The van der Waals surface area contributed by atoms with Crippen LogP contribution in [0, 0.1) is 11.8 Å². The van der Waals surface area contributed by atoms with E-state index in [1.54, 1.807) is 0 Å². The Labute approximate surface area is 107 Å². The molecule has 1 saturated heterocycles. The largest absolute Gasteiger partial charge is 0.480 e. The fraction of sp³-hybridized carbons (Fsp3) is 0.833. The fourth-order valence-corrected chi connectivity index (χ4v) is 1.86. The maximum Gasteiger partial charge on any atom is 0.326 e. The number of aliphatic hydroxyl groups excluding tert-OH is 1. The zero-order chi connectivity index (χ0) is 13.9. The van der Waals surface area contributed by atoms with Gasteiger partial charge in [-0.3, -0.25) is 0 Å². The van der Waals surface area contributed by atoms with Crippen molar-refractivity contribution in [3.63, 3.8) is 0 Å². The second kappa shape index (κ2) is 6.04. The van der Waals surface area contributed by atoms with Crippen LogP contribution in [0.4, 0.5) is 4.79 Å². The lowest BCUT2D eigenvalue weighted by atomic mass is 9.98. The summed E-state index contributed by atoms with van der Waals surface area (Å²) in [6, 6.07) is -1.33. The van der Waals surface area contributed by atoms with E-state index in [0.717, 1.165) is 0 Å². The smallest absolute Gasteiger partial charge is 0.326 e. The number of nitrogens with one attached hydrogen (secondary N) is 1. The highest BCUT2D eigenvalue weighted by molar-refractivity contribution is 5.83. The molecule has 3 N–H and O–H groups in total. The van der Waals surface area contributed by atoms with Crippen molar-refractivity contribution >= 4 is 12.0 Å². The molecule has 0 spiro atoms. The van der Waals surface area contributed by atoms with Gasteiger partial charge in [0.15, 0.2) is 0 Å². The van der Waals surface area contributed by atoms with Gasteiger partial charge in [-0.05, 0) is 11.8 Å². The van der Waals surface area contributed by atoms with Crippen LogP contribution in [0.25, 0.3) is 0 Å². The Bertz CT molecular complexity index is 319. The highest BCUT2D eigenvalue weighted by Gasteiger charge is 2.38. The van der Waals surface area contributed by atoms with Gasteiger partial charge in [0, 0.05) is 19.5 Å². The molecule has 0 aromatic carbocycles. The molecule has 1 rings (SSSR count). The van der Waals surface area contributed by atoms with Crippen LogP contribution in [0.3, 0.4) is 0 Å². The molecule has 1 heterocycles. The summed E-state index contributed by atoms with van der Waals surface area (Å²) in [5, 5.41) is 21.2. The third-order valence-electron chi connectivity index (χ3n) is 3.54. The van der Waals surface area contributed by atoms with Crippen molar-refractivity contribution in [1.82, 2.24) is 10.2 Å². The van der Waals surface area contributed by atoms with Gasteiger partial charge in [0.1, 0.15) is 6.04 Å². The summed E-state index contributed by atoms with van der Waals surface area (Å²) in [5.74, 6) is -0.298. The number of aliphatic hydroxyl groups is 1. The molecule has 104 valence electrons. The van der Waals surface area contributed by atoms with Gasteiger partial charge in [-0.15, -0.1) is 0 Å². The van der Waals surface area contributed by atoms with Gasteiger partial charge in [0.05, 0.1) is 6.10 Å². The Hall–Kier alpha value is -1.30. The van der Waals surface area contributed by atoms with Crippen molar-refractivity contribution in [1.29, 1.82) is 0 Å². The lowest BCUT2D eigenvalue weighted by Crippen LogP contribution is -2.47. The zero-order valence-electron chi connectivity index (χ0n) is 11.1. The number of hydrogen-bond acceptors (Lipinski definition) is 3. The molecule has 0 aromatic heterocycles. The number of nitrogens with zero attached hydrogens (tertiary/aromatic N) is 1. The first-order valence-corrected chi connectivity index (χ1v) is 6.28. The summed E-state index contributed by atoms with van der Waals surface area (Å²) >= 11 is 0. The van der Waals surface area contributed by atoms with E-state index < -0.39 is 24.1 Å². The van der Waals surface area contributed by atoms with Gasteiger partial charge in [0.25, 0.3) is 0 Å². The number of β-amino-alcohol motifs (C(OH)–C–C–N with tert-alkyl or cyclic N) is 1. The maximum absolute atomic E-state index is 11.9. The summed E-state index contributed by atoms with van der Waals surface area (Å²) < 4.78 is 0. The number of rotatable bonds is 4. The number of carboxylic acids is 1. The molecule has 1 aliphatic rings. The molecule has 0 radical (unpaired) electrons. The maximum atomic E-state index is 11.9. The van der Waals surface area contributed by atoms with E-state index >= 15 is 0 Å². The van der Waals surface area contributed by atoms with E-state index in [-0.39, 0.29) is 13.0 Å². The average Bonchev–Trinajstić information content (AvgIpc) is 2.67. The Morgan fingerprint density at radius 3 is 2.50 bits per heavy atom. The SMILES string of the molecule is CC(C)C(C)CNC(=O)N1C[C@@H](O)C[C@H]1C(=O)O. The lowest BCUT2D eigenvalue weighted by molar-refractivity contribution is -0.141. The quantitative estimate of drug-likeness (QED) is 0.685. The second-order valence-electron chi connectivity index (χ2n) is 5.30. The molecule has 0 aromatic rings. The first kappa shape index (κ1) is 14.8. The highest BCUT2D eigenvalue weighted by atomic mass is 16.4. The van der Waals surface area contributed by atoms with Gasteiger partial charge in [-0.25, -0.2) is 9.59 Å². The summed E-state index contributed by atoms with van der Waals surface area (Å²) in [6.07, 6.45) is -0.651. The van der Waals surface area contributed by atoms with E-state index in [9.17, 15) is 14.7 Å². The summed E-state index contributed by atoms with van der Waals surface area (Å²) in [5.41, 5.74) is 0. The van der Waals surface area contributed by atoms with Crippen molar-refractivity contribution < 1.29 is 19.8 Å². The molecule has 2 amide bonds. The van der Waals surface area contributed by atoms with Crippen molar-refractivity contribution in [3.05, 3.63) is 0 Å². The molecule has 0 aliphatic carbocycles. The van der Waals surface area contributed by atoms with Crippen molar-refractivity contribution in [2.24, 2.45) is 11.8 Å². The number of hydrogen-bond donors (Lipinski definition) is 3. The molecule has 6 nitrogen and oxygen atoms in total. The number of carboxylic acid groups (broad SMARTS) is 1. The molecule has 6 heteroatoms. The van der Waals surface area contributed by atoms with Gasteiger partial charge < -0.3 is 20.4 Å². The van der Waals surface area contributed by atoms with Crippen molar-refractivity contribution in [2.45, 2.75) is 39.3 Å². The number of urea groups is 1. The van der Waals surface area contributed by atoms with Crippen LogP contribution in [0.2, 0.25) is 0 Å². The van der Waals surface area contributed by atoms with Gasteiger partial charge in [-0.2, -0.15) is 0 Å². The highest BCUT2D eigenvalue weighted by Crippen LogP contribution is 2.18. The number of amides is 2. The zero-order valence-corrected chi connectivity index (χ0v) is 11.1. The summed E-state index contributed by atoms with van der Waals surface area (Å²) in [4.78, 5) is 24.0. The molecule has 1 fully saturated rings. The van der Waals surface area contributed by atoms with E-state index in [0.29, 0.717) is 18.4 Å². The minimum absolute atomic E-state index is 0.0822. The first-order chi connectivity index (χ1) is 8.32. The van der Waals surface area contributed by atoms with Crippen LogP contribution in [0.1, 0.15) is 27.2 Å². The monoisotopic (exact) mass is 258 g/mol. The Balaban J connectivity index is 2.52.